The third kappa shape index (κ3) is 4.25. The Labute approximate surface area is 148 Å². The maximum Gasteiger partial charge on any atom is 0.337 e. The number of aromatic carboxylic acids is 1. The molecular weight excluding hydrogens is 345 g/mol. The number of benzene rings is 2. The molecule has 128 valence electrons. The molecule has 3 rings (SSSR count). The van der Waals surface area contributed by atoms with Gasteiger partial charge >= 0.3 is 5.97 Å². The molecule has 0 saturated heterocycles. The molecule has 0 unspecified atom stereocenters. The maximum atomic E-state index is 13.1. The molecule has 1 amide bonds. The Balaban J connectivity index is 1.84. The Morgan fingerprint density at radius 3 is 2.56 bits per heavy atom. The second kappa shape index (κ2) is 7.07. The summed E-state index contributed by atoms with van der Waals surface area (Å²) < 4.78 is 13.1. The first-order valence-corrected chi connectivity index (χ1v) is 8.13. The fourth-order valence-corrected chi connectivity index (χ4v) is 2.58. The minimum Gasteiger partial charge on any atom is -0.478 e. The van der Waals surface area contributed by atoms with Crippen molar-refractivity contribution in [2.45, 2.75) is 12.8 Å². The van der Waals surface area contributed by atoms with Crippen LogP contribution in [-0.2, 0) is 4.79 Å². The zero-order chi connectivity index (χ0) is 18.0. The van der Waals surface area contributed by atoms with Crippen molar-refractivity contribution >= 4 is 41.3 Å². The highest BCUT2D eigenvalue weighted by Crippen LogP contribution is 2.31. The predicted molar refractivity (Wildman–Crippen MR) is 95.1 cm³/mol. The second-order valence-electron chi connectivity index (χ2n) is 5.87. The quantitative estimate of drug-likeness (QED) is 0.761. The number of hydrogen-bond donors (Lipinski definition) is 2. The van der Waals surface area contributed by atoms with Gasteiger partial charge in [-0.05, 0) is 48.2 Å². The largest absolute Gasteiger partial charge is 0.478 e. The van der Waals surface area contributed by atoms with Crippen LogP contribution in [0, 0.1) is 11.7 Å². The van der Waals surface area contributed by atoms with Gasteiger partial charge in [0.2, 0.25) is 5.91 Å². The molecule has 6 heteroatoms. The van der Waals surface area contributed by atoms with Crippen molar-refractivity contribution in [2.75, 3.05) is 5.32 Å². The molecule has 1 aliphatic carbocycles. The van der Waals surface area contributed by atoms with Crippen LogP contribution in [0.25, 0.3) is 12.2 Å². The normalized spacial score (nSPS) is 13.8. The molecule has 2 aromatic carbocycles. The summed E-state index contributed by atoms with van der Waals surface area (Å²) in [5, 5.41) is 12.3. The lowest BCUT2D eigenvalue weighted by atomic mass is 10.1. The van der Waals surface area contributed by atoms with Crippen molar-refractivity contribution in [3.05, 3.63) is 63.9 Å². The summed E-state index contributed by atoms with van der Waals surface area (Å²) >= 11 is 5.96. The first-order chi connectivity index (χ1) is 11.9. The molecule has 0 aliphatic heterocycles. The number of halogens is 2. The number of carboxylic acid groups (broad SMARTS) is 1. The van der Waals surface area contributed by atoms with Crippen LogP contribution in [-0.4, -0.2) is 17.0 Å². The number of rotatable bonds is 5. The number of anilines is 1. The predicted octanol–water partition coefficient (Wildman–Crippen LogP) is 4.70. The third-order valence-corrected chi connectivity index (χ3v) is 4.23. The van der Waals surface area contributed by atoms with E-state index < -0.39 is 11.8 Å². The van der Waals surface area contributed by atoms with E-state index in [4.69, 9.17) is 11.6 Å². The molecule has 0 atom stereocenters. The number of nitrogens with one attached hydrogen (secondary N) is 1. The number of amides is 1. The highest BCUT2D eigenvalue weighted by Gasteiger charge is 2.30. The van der Waals surface area contributed by atoms with Gasteiger partial charge in [0, 0.05) is 5.92 Å². The zero-order valence-electron chi connectivity index (χ0n) is 13.1. The highest BCUT2D eigenvalue weighted by atomic mass is 35.5. The van der Waals surface area contributed by atoms with Crippen molar-refractivity contribution in [1.82, 2.24) is 0 Å². The molecule has 0 spiro atoms. The molecular formula is C19H15ClFNO3. The van der Waals surface area contributed by atoms with Crippen LogP contribution >= 0.6 is 11.6 Å². The topological polar surface area (TPSA) is 66.4 Å². The Morgan fingerprint density at radius 1 is 1.16 bits per heavy atom. The molecule has 4 nitrogen and oxygen atoms in total. The lowest BCUT2D eigenvalue weighted by Gasteiger charge is -2.09. The summed E-state index contributed by atoms with van der Waals surface area (Å²) in [6, 6.07) is 8.78. The van der Waals surface area contributed by atoms with Crippen molar-refractivity contribution in [3.8, 4) is 0 Å². The molecule has 25 heavy (non-hydrogen) atoms. The molecule has 1 fully saturated rings. The van der Waals surface area contributed by atoms with Crippen LogP contribution in [0.3, 0.4) is 0 Å². The van der Waals surface area contributed by atoms with Gasteiger partial charge in [-0.2, -0.15) is 0 Å². The van der Waals surface area contributed by atoms with Gasteiger partial charge in [-0.15, -0.1) is 0 Å². The maximum absolute atomic E-state index is 13.1. The summed E-state index contributed by atoms with van der Waals surface area (Å²) in [5.41, 5.74) is 1.54. The van der Waals surface area contributed by atoms with Crippen LogP contribution < -0.4 is 5.32 Å². The van der Waals surface area contributed by atoms with Gasteiger partial charge < -0.3 is 10.4 Å². The van der Waals surface area contributed by atoms with E-state index in [1.54, 1.807) is 24.3 Å². The minimum absolute atomic E-state index is 0.0122. The SMILES string of the molecule is O=C(O)c1cc(C=Cc2ccc(F)cc2Cl)ccc1NC(=O)C1CC1. The van der Waals surface area contributed by atoms with Gasteiger partial charge in [0.15, 0.2) is 0 Å². The highest BCUT2D eigenvalue weighted by molar-refractivity contribution is 6.32. The molecule has 1 saturated carbocycles. The molecule has 0 bridgehead atoms. The van der Waals surface area contributed by atoms with E-state index in [-0.39, 0.29) is 28.1 Å². The average molecular weight is 360 g/mol. The van der Waals surface area contributed by atoms with Crippen molar-refractivity contribution < 1.29 is 19.1 Å². The number of hydrogen-bond acceptors (Lipinski definition) is 2. The second-order valence-corrected chi connectivity index (χ2v) is 6.28. The first-order valence-electron chi connectivity index (χ1n) is 7.75. The number of carbonyl (C=O) groups is 2. The summed E-state index contributed by atoms with van der Waals surface area (Å²) in [6.07, 6.45) is 5.03. The summed E-state index contributed by atoms with van der Waals surface area (Å²) in [7, 11) is 0. The van der Waals surface area contributed by atoms with Crippen LogP contribution in [0.4, 0.5) is 10.1 Å². The van der Waals surface area contributed by atoms with Crippen LogP contribution in [0.2, 0.25) is 5.02 Å². The third-order valence-electron chi connectivity index (χ3n) is 3.90. The van der Waals surface area contributed by atoms with Crippen LogP contribution in [0.15, 0.2) is 36.4 Å². The lowest BCUT2D eigenvalue weighted by molar-refractivity contribution is -0.117. The zero-order valence-corrected chi connectivity index (χ0v) is 13.9. The number of carboxylic acids is 1. The average Bonchev–Trinajstić information content (AvgIpc) is 3.40. The smallest absolute Gasteiger partial charge is 0.337 e. The van der Waals surface area contributed by atoms with Crippen molar-refractivity contribution in [2.24, 2.45) is 5.92 Å². The summed E-state index contributed by atoms with van der Waals surface area (Å²) in [4.78, 5) is 23.3. The van der Waals surface area contributed by atoms with Gasteiger partial charge in [0.25, 0.3) is 0 Å². The van der Waals surface area contributed by atoms with Gasteiger partial charge in [0.1, 0.15) is 5.82 Å². The fraction of sp³-hybridized carbons (Fsp3) is 0.158. The van der Waals surface area contributed by atoms with E-state index in [0.717, 1.165) is 12.8 Å². The van der Waals surface area contributed by atoms with E-state index >= 15 is 0 Å². The lowest BCUT2D eigenvalue weighted by Crippen LogP contribution is -2.16. The Hall–Kier alpha value is -2.66. The Bertz CT molecular complexity index is 875. The monoisotopic (exact) mass is 359 g/mol. The van der Waals surface area contributed by atoms with E-state index in [1.807, 2.05) is 0 Å². The molecule has 2 aromatic rings. The molecule has 1 aliphatic rings. The van der Waals surface area contributed by atoms with Crippen LogP contribution in [0.5, 0.6) is 0 Å². The van der Waals surface area contributed by atoms with Crippen LogP contribution in [0.1, 0.15) is 34.3 Å². The van der Waals surface area contributed by atoms with E-state index in [9.17, 15) is 19.1 Å². The molecule has 0 aromatic heterocycles. The fourth-order valence-electron chi connectivity index (χ4n) is 2.35. The molecule has 2 N–H and O–H groups in total. The van der Waals surface area contributed by atoms with Gasteiger partial charge in [0.05, 0.1) is 16.3 Å². The number of carbonyl (C=O) groups excluding carboxylic acids is 1. The molecule has 0 heterocycles. The Morgan fingerprint density at radius 2 is 1.92 bits per heavy atom. The van der Waals surface area contributed by atoms with E-state index in [0.29, 0.717) is 11.1 Å². The van der Waals surface area contributed by atoms with E-state index in [2.05, 4.69) is 5.32 Å². The van der Waals surface area contributed by atoms with Gasteiger partial charge in [-0.25, -0.2) is 9.18 Å². The standard InChI is InChI=1S/C19H15ClFNO3/c20-16-10-14(21)7-6-12(16)3-1-11-2-8-17(15(9-11)19(24)25)22-18(23)13-4-5-13/h1-3,6-10,13H,4-5H2,(H,22,23)(H,24,25). The minimum atomic E-state index is -1.12. The van der Waals surface area contributed by atoms with Crippen molar-refractivity contribution in [3.63, 3.8) is 0 Å². The molecule has 0 radical (unpaired) electrons. The van der Waals surface area contributed by atoms with Crippen molar-refractivity contribution in [1.29, 1.82) is 0 Å². The summed E-state index contributed by atoms with van der Waals surface area (Å²) in [5.74, 6) is -1.71. The van der Waals surface area contributed by atoms with Gasteiger partial charge in [-0.3, -0.25) is 4.79 Å². The first kappa shape index (κ1) is 17.2. The van der Waals surface area contributed by atoms with Gasteiger partial charge in [-0.1, -0.05) is 35.9 Å². The van der Waals surface area contributed by atoms with E-state index in [1.165, 1.54) is 24.3 Å². The summed E-state index contributed by atoms with van der Waals surface area (Å²) in [6.45, 7) is 0. The Kier molecular flexibility index (Phi) is 4.86.